The van der Waals surface area contributed by atoms with Gasteiger partial charge < -0.3 is 4.52 Å². The molecule has 3 aromatic rings. The van der Waals surface area contributed by atoms with Crippen LogP contribution in [0.1, 0.15) is 29.5 Å². The Hall–Kier alpha value is -2.55. The van der Waals surface area contributed by atoms with Crippen molar-refractivity contribution >= 4 is 9.84 Å². The summed E-state index contributed by atoms with van der Waals surface area (Å²) in [5.74, 6) is 0.598. The second-order valence-corrected chi connectivity index (χ2v) is 7.48. The molecule has 0 bridgehead atoms. The summed E-state index contributed by atoms with van der Waals surface area (Å²) in [5.41, 5.74) is 1.07. The van der Waals surface area contributed by atoms with E-state index >= 15 is 0 Å². The first kappa shape index (κ1) is 15.3. The predicted octanol–water partition coefficient (Wildman–Crippen LogP) is 1.63. The van der Waals surface area contributed by atoms with Gasteiger partial charge in [0.1, 0.15) is 11.0 Å². The van der Waals surface area contributed by atoms with Gasteiger partial charge in [0.15, 0.2) is 15.7 Å². The van der Waals surface area contributed by atoms with E-state index in [1.54, 1.807) is 32.0 Å². The van der Waals surface area contributed by atoms with Crippen molar-refractivity contribution < 1.29 is 12.9 Å². The zero-order valence-electron chi connectivity index (χ0n) is 12.6. The van der Waals surface area contributed by atoms with Gasteiger partial charge in [-0.25, -0.2) is 8.42 Å². The number of nitrogens with zero attached hydrogens (tertiary/aromatic N) is 5. The summed E-state index contributed by atoms with van der Waals surface area (Å²) in [6.07, 6.45) is 0. The molecule has 23 heavy (non-hydrogen) atoms. The Kier molecular flexibility index (Phi) is 3.95. The lowest BCUT2D eigenvalue weighted by Crippen LogP contribution is -2.17. The lowest BCUT2D eigenvalue weighted by atomic mass is 10.3. The van der Waals surface area contributed by atoms with Crippen LogP contribution < -0.4 is 0 Å². The number of rotatable bonds is 5. The molecule has 1 aromatic carbocycles. The molecule has 0 aliphatic rings. The molecule has 0 radical (unpaired) electrons. The highest BCUT2D eigenvalue weighted by Gasteiger charge is 2.29. The molecule has 3 rings (SSSR count). The van der Waals surface area contributed by atoms with Gasteiger partial charge in [-0.05, 0) is 36.4 Å². The van der Waals surface area contributed by atoms with Crippen LogP contribution >= 0.6 is 0 Å². The molecule has 0 aliphatic heterocycles. The van der Waals surface area contributed by atoms with Crippen LogP contribution in [0, 0.1) is 6.92 Å². The van der Waals surface area contributed by atoms with Crippen molar-refractivity contribution in [3.05, 3.63) is 53.7 Å². The number of aryl methyl sites for hydroxylation is 1. The van der Waals surface area contributed by atoms with Crippen LogP contribution in [-0.4, -0.2) is 33.8 Å². The lowest BCUT2D eigenvalue weighted by Gasteiger charge is -2.11. The first-order valence-electron chi connectivity index (χ1n) is 6.95. The van der Waals surface area contributed by atoms with Gasteiger partial charge in [0.25, 0.3) is 0 Å². The summed E-state index contributed by atoms with van der Waals surface area (Å²) >= 11 is 0. The maximum absolute atomic E-state index is 12.6. The summed E-state index contributed by atoms with van der Waals surface area (Å²) in [6, 6.07) is 10.7. The van der Waals surface area contributed by atoms with E-state index in [4.69, 9.17) is 4.52 Å². The number of aromatic nitrogens is 5. The third kappa shape index (κ3) is 3.14. The molecule has 0 aliphatic carbocycles. The number of hydrogen-bond donors (Lipinski definition) is 0. The monoisotopic (exact) mass is 333 g/mol. The van der Waals surface area contributed by atoms with Crippen molar-refractivity contribution in [1.29, 1.82) is 0 Å². The van der Waals surface area contributed by atoms with Crippen LogP contribution in [0.3, 0.4) is 0 Å². The van der Waals surface area contributed by atoms with Gasteiger partial charge in [0, 0.05) is 6.07 Å². The maximum atomic E-state index is 12.6. The normalized spacial score (nSPS) is 13.1. The van der Waals surface area contributed by atoms with Crippen LogP contribution in [0.2, 0.25) is 0 Å². The van der Waals surface area contributed by atoms with Gasteiger partial charge in [0.2, 0.25) is 0 Å². The van der Waals surface area contributed by atoms with Crippen molar-refractivity contribution in [3.63, 3.8) is 0 Å². The first-order valence-corrected chi connectivity index (χ1v) is 8.66. The van der Waals surface area contributed by atoms with Crippen LogP contribution in [0.5, 0.6) is 0 Å². The summed E-state index contributed by atoms with van der Waals surface area (Å²) in [7, 11) is -3.54. The molecule has 0 amide bonds. The van der Waals surface area contributed by atoms with E-state index in [1.165, 1.54) is 4.68 Å². The Bertz CT molecular complexity index is 901. The molecule has 1 atom stereocenters. The average Bonchev–Trinajstić information content (AvgIpc) is 3.16. The zero-order chi connectivity index (χ0) is 16.4. The highest BCUT2D eigenvalue weighted by molar-refractivity contribution is 7.90. The fourth-order valence-electron chi connectivity index (χ4n) is 2.18. The molecule has 2 aromatic heterocycles. The van der Waals surface area contributed by atoms with Gasteiger partial charge in [-0.2, -0.15) is 4.68 Å². The van der Waals surface area contributed by atoms with Crippen molar-refractivity contribution in [2.75, 3.05) is 0 Å². The average molecular weight is 333 g/mol. The summed E-state index contributed by atoms with van der Waals surface area (Å²) in [6.45, 7) is 3.27. The molecule has 0 fully saturated rings. The van der Waals surface area contributed by atoms with Crippen molar-refractivity contribution in [1.82, 2.24) is 25.4 Å². The van der Waals surface area contributed by atoms with E-state index in [0.717, 1.165) is 0 Å². The van der Waals surface area contributed by atoms with Gasteiger partial charge in [-0.1, -0.05) is 23.4 Å². The number of benzene rings is 1. The topological polar surface area (TPSA) is 104 Å². The van der Waals surface area contributed by atoms with Crippen molar-refractivity contribution in [2.24, 2.45) is 0 Å². The number of sulfone groups is 1. The molecule has 0 spiro atoms. The Morgan fingerprint density at radius 1 is 1.26 bits per heavy atom. The predicted molar refractivity (Wildman–Crippen MR) is 81.4 cm³/mol. The Balaban J connectivity index is 1.91. The van der Waals surface area contributed by atoms with E-state index in [0.29, 0.717) is 17.1 Å². The molecule has 0 saturated carbocycles. The van der Waals surface area contributed by atoms with Gasteiger partial charge in [-0.15, -0.1) is 5.10 Å². The van der Waals surface area contributed by atoms with E-state index in [9.17, 15) is 8.42 Å². The third-order valence-corrected chi connectivity index (χ3v) is 5.41. The fraction of sp³-hybridized carbons (Fsp3) is 0.286. The molecule has 8 nitrogen and oxygen atoms in total. The van der Waals surface area contributed by atoms with E-state index in [1.807, 2.05) is 18.2 Å². The summed E-state index contributed by atoms with van der Waals surface area (Å²) < 4.78 is 31.5. The third-order valence-electron chi connectivity index (χ3n) is 3.42. The first-order chi connectivity index (χ1) is 11.0. The highest BCUT2D eigenvalue weighted by Crippen LogP contribution is 2.24. The lowest BCUT2D eigenvalue weighted by molar-refractivity contribution is 0.392. The molecule has 120 valence electrons. The van der Waals surface area contributed by atoms with Crippen LogP contribution in [-0.2, 0) is 15.6 Å². The number of tetrazole rings is 1. The fourth-order valence-corrected chi connectivity index (χ4v) is 3.44. The zero-order valence-corrected chi connectivity index (χ0v) is 13.4. The van der Waals surface area contributed by atoms with Crippen LogP contribution in [0.25, 0.3) is 5.69 Å². The quantitative estimate of drug-likeness (QED) is 0.699. The number of hydrogen-bond acceptors (Lipinski definition) is 7. The van der Waals surface area contributed by atoms with Crippen molar-refractivity contribution in [2.45, 2.75) is 24.9 Å². The SMILES string of the molecule is Cc1cc(CS(=O)(=O)[C@@H](C)c2nnnn2-c2ccccc2)no1. The second kappa shape index (κ2) is 5.92. The molecular weight excluding hydrogens is 318 g/mol. The standard InChI is InChI=1S/C14H15N5O3S/c1-10-8-12(16-22-10)9-23(20,21)11(2)14-15-17-18-19(14)13-6-4-3-5-7-13/h3-8,11H,9H2,1-2H3/t11-/m0/s1. The summed E-state index contributed by atoms with van der Waals surface area (Å²) in [5, 5.41) is 14.2. The maximum Gasteiger partial charge on any atom is 0.174 e. The van der Waals surface area contributed by atoms with Crippen LogP contribution in [0.4, 0.5) is 0 Å². The molecule has 0 saturated heterocycles. The van der Waals surface area contributed by atoms with E-state index in [-0.39, 0.29) is 11.6 Å². The van der Waals surface area contributed by atoms with Gasteiger partial charge in [-0.3, -0.25) is 0 Å². The van der Waals surface area contributed by atoms with Crippen LogP contribution in [0.15, 0.2) is 40.9 Å². The minimum Gasteiger partial charge on any atom is -0.361 e. The minimum atomic E-state index is -3.54. The Morgan fingerprint density at radius 3 is 2.65 bits per heavy atom. The van der Waals surface area contributed by atoms with Crippen molar-refractivity contribution in [3.8, 4) is 5.69 Å². The Morgan fingerprint density at radius 2 is 2.00 bits per heavy atom. The van der Waals surface area contributed by atoms with E-state index < -0.39 is 15.1 Å². The molecule has 0 N–H and O–H groups in total. The minimum absolute atomic E-state index is 0.229. The summed E-state index contributed by atoms with van der Waals surface area (Å²) in [4.78, 5) is 0. The molecule has 2 heterocycles. The largest absolute Gasteiger partial charge is 0.361 e. The van der Waals surface area contributed by atoms with Gasteiger partial charge in [0.05, 0.1) is 17.1 Å². The van der Waals surface area contributed by atoms with Gasteiger partial charge >= 0.3 is 0 Å². The second-order valence-electron chi connectivity index (χ2n) is 5.16. The van der Waals surface area contributed by atoms with E-state index in [2.05, 4.69) is 20.7 Å². The molecular formula is C14H15N5O3S. The smallest absolute Gasteiger partial charge is 0.174 e. The highest BCUT2D eigenvalue weighted by atomic mass is 32.2. The number of para-hydroxylation sites is 1. The molecule has 0 unspecified atom stereocenters. The molecule has 9 heteroatoms. The Labute approximate surface area is 133 Å².